The SMILES string of the molecule is CC(C)(C)OC(=O)N1CCOC(C[C@H](N)C(=O)O)C1. The third-order valence-electron chi connectivity index (χ3n) is 2.62. The third-order valence-corrected chi connectivity index (χ3v) is 2.62. The topological polar surface area (TPSA) is 102 Å². The van der Waals surface area contributed by atoms with Gasteiger partial charge in [0.2, 0.25) is 0 Å². The summed E-state index contributed by atoms with van der Waals surface area (Å²) in [7, 11) is 0. The zero-order chi connectivity index (χ0) is 14.6. The predicted molar refractivity (Wildman–Crippen MR) is 67.8 cm³/mol. The van der Waals surface area contributed by atoms with Crippen LogP contribution in [-0.2, 0) is 14.3 Å². The number of carbonyl (C=O) groups excluding carboxylic acids is 1. The highest BCUT2D eigenvalue weighted by atomic mass is 16.6. The molecule has 0 saturated carbocycles. The molecule has 7 heteroatoms. The molecule has 0 bridgehead atoms. The molecular formula is C12H22N2O5. The summed E-state index contributed by atoms with van der Waals surface area (Å²) < 4.78 is 10.7. The maximum absolute atomic E-state index is 11.9. The Morgan fingerprint density at radius 2 is 2.16 bits per heavy atom. The molecule has 7 nitrogen and oxygen atoms in total. The summed E-state index contributed by atoms with van der Waals surface area (Å²) in [5.74, 6) is -1.07. The lowest BCUT2D eigenvalue weighted by atomic mass is 10.1. The highest BCUT2D eigenvalue weighted by molar-refractivity contribution is 5.73. The van der Waals surface area contributed by atoms with Crippen LogP contribution in [0.2, 0.25) is 0 Å². The average molecular weight is 274 g/mol. The van der Waals surface area contributed by atoms with Crippen LogP contribution in [0.15, 0.2) is 0 Å². The Morgan fingerprint density at radius 1 is 1.53 bits per heavy atom. The number of rotatable bonds is 3. The van der Waals surface area contributed by atoms with E-state index < -0.39 is 23.7 Å². The lowest BCUT2D eigenvalue weighted by Gasteiger charge is -2.34. The number of ether oxygens (including phenoxy) is 2. The van der Waals surface area contributed by atoms with Gasteiger partial charge in [-0.25, -0.2) is 4.79 Å². The summed E-state index contributed by atoms with van der Waals surface area (Å²) in [6.07, 6.45) is -0.605. The Morgan fingerprint density at radius 3 is 2.68 bits per heavy atom. The van der Waals surface area contributed by atoms with Gasteiger partial charge in [0.15, 0.2) is 0 Å². The molecule has 1 aliphatic rings. The van der Waals surface area contributed by atoms with Gasteiger partial charge in [0.1, 0.15) is 11.6 Å². The van der Waals surface area contributed by atoms with Crippen molar-refractivity contribution in [1.29, 1.82) is 0 Å². The van der Waals surface area contributed by atoms with E-state index in [1.54, 1.807) is 20.8 Å². The summed E-state index contributed by atoms with van der Waals surface area (Å²) in [6, 6.07) is -0.983. The van der Waals surface area contributed by atoms with Crippen molar-refractivity contribution in [3.8, 4) is 0 Å². The Bertz CT molecular complexity index is 340. The smallest absolute Gasteiger partial charge is 0.410 e. The molecule has 0 spiro atoms. The van der Waals surface area contributed by atoms with E-state index in [1.165, 1.54) is 4.90 Å². The maximum Gasteiger partial charge on any atom is 0.410 e. The summed E-state index contributed by atoms with van der Waals surface area (Å²) in [5, 5.41) is 8.75. The third kappa shape index (κ3) is 5.44. The molecule has 1 saturated heterocycles. The first-order valence-corrected chi connectivity index (χ1v) is 6.27. The minimum absolute atomic E-state index is 0.175. The molecule has 2 atom stereocenters. The monoisotopic (exact) mass is 274 g/mol. The summed E-state index contributed by atoms with van der Waals surface area (Å²) in [4.78, 5) is 24.1. The molecule has 0 aromatic heterocycles. The maximum atomic E-state index is 11.9. The van der Waals surface area contributed by atoms with Crippen LogP contribution in [0.4, 0.5) is 4.79 Å². The first-order valence-electron chi connectivity index (χ1n) is 6.27. The van der Waals surface area contributed by atoms with Gasteiger partial charge in [-0.15, -0.1) is 0 Å². The number of morpholine rings is 1. The predicted octanol–water partition coefficient (Wildman–Crippen LogP) is 0.424. The number of carboxylic acid groups (broad SMARTS) is 1. The second-order valence-corrected chi connectivity index (χ2v) is 5.60. The lowest BCUT2D eigenvalue weighted by molar-refractivity contribution is -0.140. The number of nitrogens with two attached hydrogens (primary N) is 1. The van der Waals surface area contributed by atoms with Gasteiger partial charge in [-0.1, -0.05) is 0 Å². The van der Waals surface area contributed by atoms with Crippen molar-refractivity contribution < 1.29 is 24.2 Å². The summed E-state index contributed by atoms with van der Waals surface area (Å²) >= 11 is 0. The van der Waals surface area contributed by atoms with Crippen LogP contribution >= 0.6 is 0 Å². The molecule has 0 aliphatic carbocycles. The number of aliphatic carboxylic acids is 1. The first kappa shape index (κ1) is 15.7. The molecular weight excluding hydrogens is 252 g/mol. The van der Waals surface area contributed by atoms with Gasteiger partial charge >= 0.3 is 12.1 Å². The molecule has 3 N–H and O–H groups in total. The first-order chi connectivity index (χ1) is 8.69. The van der Waals surface area contributed by atoms with Crippen molar-refractivity contribution in [3.63, 3.8) is 0 Å². The lowest BCUT2D eigenvalue weighted by Crippen LogP contribution is -2.49. The molecule has 110 valence electrons. The van der Waals surface area contributed by atoms with E-state index in [0.29, 0.717) is 19.7 Å². The van der Waals surface area contributed by atoms with E-state index >= 15 is 0 Å². The van der Waals surface area contributed by atoms with E-state index in [0.717, 1.165) is 0 Å². The zero-order valence-electron chi connectivity index (χ0n) is 11.6. The fourth-order valence-corrected chi connectivity index (χ4v) is 1.74. The molecule has 1 fully saturated rings. The van der Waals surface area contributed by atoms with Crippen molar-refractivity contribution in [3.05, 3.63) is 0 Å². The highest BCUT2D eigenvalue weighted by Crippen LogP contribution is 2.15. The zero-order valence-corrected chi connectivity index (χ0v) is 11.6. The fraction of sp³-hybridized carbons (Fsp3) is 0.833. The number of amides is 1. The van der Waals surface area contributed by atoms with E-state index in [1.807, 2.05) is 0 Å². The van der Waals surface area contributed by atoms with Crippen molar-refractivity contribution in [2.45, 2.75) is 44.9 Å². The van der Waals surface area contributed by atoms with Gasteiger partial charge in [0.25, 0.3) is 0 Å². The minimum atomic E-state index is -1.07. The number of carboxylic acids is 1. The molecule has 0 radical (unpaired) electrons. The summed E-state index contributed by atoms with van der Waals surface area (Å²) in [6.45, 7) is 6.48. The quantitative estimate of drug-likeness (QED) is 0.773. The normalized spacial score (nSPS) is 21.9. The molecule has 1 aliphatic heterocycles. The van der Waals surface area contributed by atoms with Crippen LogP contribution in [0.3, 0.4) is 0 Å². The van der Waals surface area contributed by atoms with E-state index in [4.69, 9.17) is 20.3 Å². The van der Waals surface area contributed by atoms with Crippen LogP contribution < -0.4 is 5.73 Å². The molecule has 1 unspecified atom stereocenters. The molecule has 1 rings (SSSR count). The average Bonchev–Trinajstić information content (AvgIpc) is 2.27. The van der Waals surface area contributed by atoms with Crippen LogP contribution in [-0.4, -0.2) is 59.5 Å². The van der Waals surface area contributed by atoms with Crippen molar-refractivity contribution in [2.24, 2.45) is 5.73 Å². The van der Waals surface area contributed by atoms with Gasteiger partial charge in [-0.05, 0) is 20.8 Å². The molecule has 19 heavy (non-hydrogen) atoms. The number of hydrogen-bond donors (Lipinski definition) is 2. The number of nitrogens with zero attached hydrogens (tertiary/aromatic N) is 1. The second-order valence-electron chi connectivity index (χ2n) is 5.60. The number of hydrogen-bond acceptors (Lipinski definition) is 5. The second kappa shape index (κ2) is 6.21. The fourth-order valence-electron chi connectivity index (χ4n) is 1.74. The van der Waals surface area contributed by atoms with Crippen LogP contribution in [0.25, 0.3) is 0 Å². The van der Waals surface area contributed by atoms with Gasteiger partial charge in [-0.3, -0.25) is 4.79 Å². The van der Waals surface area contributed by atoms with Crippen molar-refractivity contribution >= 4 is 12.1 Å². The largest absolute Gasteiger partial charge is 0.480 e. The van der Waals surface area contributed by atoms with E-state index in [2.05, 4.69) is 0 Å². The van der Waals surface area contributed by atoms with Crippen molar-refractivity contribution in [1.82, 2.24) is 4.90 Å². The van der Waals surface area contributed by atoms with Crippen LogP contribution in [0.1, 0.15) is 27.2 Å². The Kier molecular flexibility index (Phi) is 5.13. The van der Waals surface area contributed by atoms with Crippen LogP contribution in [0.5, 0.6) is 0 Å². The Balaban J connectivity index is 2.50. The molecule has 1 amide bonds. The van der Waals surface area contributed by atoms with Gasteiger partial charge in [0, 0.05) is 13.0 Å². The van der Waals surface area contributed by atoms with Gasteiger partial charge in [0.05, 0.1) is 19.3 Å². The Hall–Kier alpha value is -1.34. The Labute approximate surface area is 112 Å². The number of carbonyl (C=O) groups is 2. The van der Waals surface area contributed by atoms with Crippen LogP contribution in [0, 0.1) is 0 Å². The van der Waals surface area contributed by atoms with E-state index in [-0.39, 0.29) is 12.5 Å². The highest BCUT2D eigenvalue weighted by Gasteiger charge is 2.30. The van der Waals surface area contributed by atoms with Gasteiger partial charge < -0.3 is 25.2 Å². The van der Waals surface area contributed by atoms with Crippen molar-refractivity contribution in [2.75, 3.05) is 19.7 Å². The molecule has 1 heterocycles. The minimum Gasteiger partial charge on any atom is -0.480 e. The molecule has 0 aromatic carbocycles. The van der Waals surface area contributed by atoms with Gasteiger partial charge in [-0.2, -0.15) is 0 Å². The summed E-state index contributed by atoms with van der Waals surface area (Å²) in [5.41, 5.74) is 4.90. The van der Waals surface area contributed by atoms with E-state index in [9.17, 15) is 9.59 Å². The molecule has 0 aromatic rings. The standard InChI is InChI=1S/C12H22N2O5/c1-12(2,3)19-11(17)14-4-5-18-8(7-14)6-9(13)10(15)16/h8-9H,4-7,13H2,1-3H3,(H,15,16)/t8?,9-/m0/s1.